The summed E-state index contributed by atoms with van der Waals surface area (Å²) in [7, 11) is 1.60. The molecule has 0 unspecified atom stereocenters. The van der Waals surface area contributed by atoms with Gasteiger partial charge in [0.15, 0.2) is 6.61 Å². The number of anilines is 1. The number of halogens is 3. The number of nitrogens with zero attached hydrogens (tertiary/aromatic N) is 2. The van der Waals surface area contributed by atoms with Gasteiger partial charge in [-0.15, -0.1) is 0 Å². The highest BCUT2D eigenvalue weighted by Gasteiger charge is 2.31. The van der Waals surface area contributed by atoms with Crippen LogP contribution in [0.25, 0.3) is 11.3 Å². The van der Waals surface area contributed by atoms with Crippen molar-refractivity contribution in [1.82, 2.24) is 4.90 Å². The summed E-state index contributed by atoms with van der Waals surface area (Å²) < 4.78 is 54.4. The second-order valence-corrected chi connectivity index (χ2v) is 7.88. The Bertz CT molecular complexity index is 1180. The molecular formula is C25H23F3N2O5. The van der Waals surface area contributed by atoms with Crippen molar-refractivity contribution in [2.45, 2.75) is 6.18 Å². The second-order valence-electron chi connectivity index (χ2n) is 7.88. The summed E-state index contributed by atoms with van der Waals surface area (Å²) in [6, 6.07) is 14.9. The molecule has 0 spiro atoms. The van der Waals surface area contributed by atoms with Crippen LogP contribution in [0.4, 0.5) is 18.9 Å². The van der Waals surface area contributed by atoms with Crippen molar-refractivity contribution in [2.75, 3.05) is 44.8 Å². The van der Waals surface area contributed by atoms with Gasteiger partial charge in [-0.25, -0.2) is 4.79 Å². The minimum Gasteiger partial charge on any atom is -0.497 e. The number of carbonyl (C=O) groups excluding carboxylic acids is 2. The summed E-state index contributed by atoms with van der Waals surface area (Å²) in [5, 5.41) is 0. The molecule has 1 saturated heterocycles. The Balaban J connectivity index is 1.28. The smallest absolute Gasteiger partial charge is 0.416 e. The maximum atomic E-state index is 12.9. The van der Waals surface area contributed by atoms with Crippen molar-refractivity contribution in [1.29, 1.82) is 0 Å². The zero-order valence-corrected chi connectivity index (χ0v) is 18.9. The number of hydrogen-bond donors (Lipinski definition) is 0. The van der Waals surface area contributed by atoms with E-state index in [2.05, 4.69) is 4.90 Å². The molecule has 0 N–H and O–H groups in total. The first kappa shape index (κ1) is 24.2. The van der Waals surface area contributed by atoms with Crippen molar-refractivity contribution < 1.29 is 36.7 Å². The Labute approximate surface area is 199 Å². The molecule has 0 bridgehead atoms. The molecule has 2 heterocycles. The molecule has 1 fully saturated rings. The molecule has 2 aromatic carbocycles. The maximum absolute atomic E-state index is 12.9. The number of piperazine rings is 1. The fraction of sp³-hybridized carbons (Fsp3) is 0.280. The number of benzene rings is 2. The minimum absolute atomic E-state index is 0.0871. The van der Waals surface area contributed by atoms with E-state index in [1.807, 2.05) is 24.3 Å². The number of carbonyl (C=O) groups is 2. The Morgan fingerprint density at radius 3 is 2.34 bits per heavy atom. The van der Waals surface area contributed by atoms with Crippen LogP contribution in [0.15, 0.2) is 65.1 Å². The molecule has 1 aromatic heterocycles. The highest BCUT2D eigenvalue weighted by Crippen LogP contribution is 2.32. The van der Waals surface area contributed by atoms with Gasteiger partial charge in [-0.05, 0) is 48.5 Å². The molecule has 3 aromatic rings. The fourth-order valence-corrected chi connectivity index (χ4v) is 3.75. The Kier molecular flexibility index (Phi) is 6.99. The number of esters is 1. The first-order valence-electron chi connectivity index (χ1n) is 10.9. The molecule has 0 aliphatic carbocycles. The number of furan rings is 1. The molecule has 184 valence electrons. The largest absolute Gasteiger partial charge is 0.497 e. The van der Waals surface area contributed by atoms with Gasteiger partial charge in [0.1, 0.15) is 11.5 Å². The number of hydrogen-bond acceptors (Lipinski definition) is 6. The highest BCUT2D eigenvalue weighted by molar-refractivity contribution is 5.89. The van der Waals surface area contributed by atoms with Crippen molar-refractivity contribution in [3.05, 3.63) is 72.0 Å². The van der Waals surface area contributed by atoms with Crippen molar-refractivity contribution in [3.63, 3.8) is 0 Å². The van der Waals surface area contributed by atoms with Gasteiger partial charge in [-0.2, -0.15) is 13.2 Å². The first-order valence-corrected chi connectivity index (χ1v) is 10.9. The summed E-state index contributed by atoms with van der Waals surface area (Å²) in [5.74, 6) is -0.549. The molecular weight excluding hydrogens is 465 g/mol. The van der Waals surface area contributed by atoms with Crippen molar-refractivity contribution in [2.24, 2.45) is 0 Å². The highest BCUT2D eigenvalue weighted by atomic mass is 19.4. The number of alkyl halides is 3. The third-order valence-corrected chi connectivity index (χ3v) is 5.68. The van der Waals surface area contributed by atoms with Crippen LogP contribution in [0.3, 0.4) is 0 Å². The lowest BCUT2D eigenvalue weighted by Gasteiger charge is -2.36. The SMILES string of the molecule is COc1ccc(N2CCN(C(=O)COC(=O)c3ccc(-c4cccc(C(F)(F)F)c4)o3)CC2)cc1. The average molecular weight is 488 g/mol. The number of ether oxygens (including phenoxy) is 2. The van der Waals surface area contributed by atoms with E-state index in [4.69, 9.17) is 13.9 Å². The molecule has 4 rings (SSSR count). The van der Waals surface area contributed by atoms with Gasteiger partial charge in [0.05, 0.1) is 12.7 Å². The zero-order valence-electron chi connectivity index (χ0n) is 18.9. The number of methoxy groups -OCH3 is 1. The molecule has 7 nitrogen and oxygen atoms in total. The molecule has 0 radical (unpaired) electrons. The Morgan fingerprint density at radius 1 is 0.971 bits per heavy atom. The van der Waals surface area contributed by atoms with Crippen LogP contribution in [-0.4, -0.2) is 56.7 Å². The third kappa shape index (κ3) is 5.76. The Morgan fingerprint density at radius 2 is 1.69 bits per heavy atom. The van der Waals surface area contributed by atoms with Crippen LogP contribution in [0.5, 0.6) is 5.75 Å². The first-order chi connectivity index (χ1) is 16.7. The lowest BCUT2D eigenvalue weighted by Crippen LogP contribution is -2.49. The van der Waals surface area contributed by atoms with E-state index in [0.717, 1.165) is 23.6 Å². The summed E-state index contributed by atoms with van der Waals surface area (Å²) in [4.78, 5) is 28.6. The maximum Gasteiger partial charge on any atom is 0.416 e. The van der Waals surface area contributed by atoms with Gasteiger partial charge in [-0.1, -0.05) is 12.1 Å². The lowest BCUT2D eigenvalue weighted by atomic mass is 10.1. The predicted octanol–water partition coefficient (Wildman–Crippen LogP) is 4.48. The van der Waals surface area contributed by atoms with E-state index >= 15 is 0 Å². The van der Waals surface area contributed by atoms with Gasteiger partial charge in [-0.3, -0.25) is 4.79 Å². The lowest BCUT2D eigenvalue weighted by molar-refractivity contribution is -0.137. The molecule has 35 heavy (non-hydrogen) atoms. The zero-order chi connectivity index (χ0) is 25.0. The van der Waals surface area contributed by atoms with Crippen LogP contribution < -0.4 is 9.64 Å². The number of rotatable bonds is 6. The van der Waals surface area contributed by atoms with Gasteiger partial charge in [0, 0.05) is 37.4 Å². The van der Waals surface area contributed by atoms with Gasteiger partial charge < -0.3 is 23.7 Å². The molecule has 10 heteroatoms. The molecule has 0 atom stereocenters. The van der Waals surface area contributed by atoms with E-state index in [1.54, 1.807) is 12.0 Å². The summed E-state index contributed by atoms with van der Waals surface area (Å²) in [5.41, 5.74) is 0.372. The fourth-order valence-electron chi connectivity index (χ4n) is 3.75. The topological polar surface area (TPSA) is 72.2 Å². The quantitative estimate of drug-likeness (QED) is 0.477. The normalized spacial score (nSPS) is 14.1. The summed E-state index contributed by atoms with van der Waals surface area (Å²) in [6.45, 7) is 1.75. The second kappa shape index (κ2) is 10.1. The van der Waals surface area contributed by atoms with E-state index in [1.165, 1.54) is 24.3 Å². The van der Waals surface area contributed by atoms with E-state index in [-0.39, 0.29) is 23.0 Å². The summed E-state index contributed by atoms with van der Waals surface area (Å²) in [6.07, 6.45) is -4.50. The van der Waals surface area contributed by atoms with E-state index in [9.17, 15) is 22.8 Å². The summed E-state index contributed by atoms with van der Waals surface area (Å²) >= 11 is 0. The van der Waals surface area contributed by atoms with Crippen LogP contribution in [0.1, 0.15) is 16.1 Å². The number of amides is 1. The van der Waals surface area contributed by atoms with Gasteiger partial charge >= 0.3 is 12.1 Å². The minimum atomic E-state index is -4.50. The van der Waals surface area contributed by atoms with Crippen LogP contribution in [0.2, 0.25) is 0 Å². The molecule has 0 saturated carbocycles. The van der Waals surface area contributed by atoms with Gasteiger partial charge in [0.2, 0.25) is 5.76 Å². The molecule has 1 aliphatic heterocycles. The predicted molar refractivity (Wildman–Crippen MR) is 121 cm³/mol. The Hall–Kier alpha value is -3.95. The average Bonchev–Trinajstić information content (AvgIpc) is 3.37. The van der Waals surface area contributed by atoms with E-state index in [0.29, 0.717) is 26.2 Å². The van der Waals surface area contributed by atoms with Crippen LogP contribution in [0, 0.1) is 0 Å². The third-order valence-electron chi connectivity index (χ3n) is 5.68. The molecule has 1 aliphatic rings. The molecule has 1 amide bonds. The monoisotopic (exact) mass is 488 g/mol. The van der Waals surface area contributed by atoms with Crippen molar-refractivity contribution in [3.8, 4) is 17.1 Å². The van der Waals surface area contributed by atoms with Gasteiger partial charge in [0.25, 0.3) is 5.91 Å². The van der Waals surface area contributed by atoms with E-state index < -0.39 is 24.3 Å². The van der Waals surface area contributed by atoms with Crippen molar-refractivity contribution >= 4 is 17.6 Å². The van der Waals surface area contributed by atoms with Crippen LogP contribution in [-0.2, 0) is 15.7 Å². The standard InChI is InChI=1S/C25H23F3N2O5/c1-33-20-7-5-19(6-8-20)29-11-13-30(14-12-29)23(31)16-34-24(32)22-10-9-21(35-22)17-3-2-4-18(15-17)25(26,27)28/h2-10,15H,11-14,16H2,1H3. The van der Waals surface area contributed by atoms with Crippen LogP contribution >= 0.6 is 0 Å².